The molecule has 1 aliphatic carbocycles. The molecule has 0 saturated heterocycles. The zero-order valence-corrected chi connectivity index (χ0v) is 12.3. The molecule has 1 saturated carbocycles. The van der Waals surface area contributed by atoms with Crippen molar-refractivity contribution >= 4 is 23.8 Å². The third-order valence-electron chi connectivity index (χ3n) is 2.46. The fraction of sp³-hybridized carbons (Fsp3) is 1.00. The van der Waals surface area contributed by atoms with Crippen molar-refractivity contribution in [2.24, 2.45) is 0 Å². The summed E-state index contributed by atoms with van der Waals surface area (Å²) in [4.78, 5) is 0.246. The van der Waals surface area contributed by atoms with Gasteiger partial charge in [0.15, 0.2) is 0 Å². The molecule has 0 heterocycles. The lowest BCUT2D eigenvalue weighted by atomic mass is 9.98. The number of halogens is 1. The van der Waals surface area contributed by atoms with Crippen molar-refractivity contribution in [3.63, 3.8) is 0 Å². The minimum atomic E-state index is -3.36. The van der Waals surface area contributed by atoms with Crippen LogP contribution in [0.25, 0.3) is 0 Å². The first-order valence-corrected chi connectivity index (χ1v) is 8.20. The second kappa shape index (κ2) is 7.12. The van der Waals surface area contributed by atoms with Gasteiger partial charge in [-0.15, -0.1) is 0 Å². The van der Waals surface area contributed by atoms with Crippen molar-refractivity contribution in [1.82, 2.24) is 0 Å². The van der Waals surface area contributed by atoms with Crippen molar-refractivity contribution in [1.29, 1.82) is 0 Å². The normalized spacial score (nSPS) is 26.9. The number of rotatable bonds is 6. The fourth-order valence-corrected chi connectivity index (χ4v) is 4.03. The highest BCUT2D eigenvalue weighted by molar-refractivity contribution is 9.09. The van der Waals surface area contributed by atoms with Gasteiger partial charge in [-0.3, -0.25) is 13.6 Å². The van der Waals surface area contributed by atoms with Crippen LogP contribution in [0.1, 0.15) is 39.5 Å². The van der Waals surface area contributed by atoms with Crippen LogP contribution >= 0.6 is 23.8 Å². The molecule has 0 radical (unpaired) electrons. The molecule has 0 bridgehead atoms. The van der Waals surface area contributed by atoms with Crippen LogP contribution in [0.15, 0.2) is 0 Å². The summed E-state index contributed by atoms with van der Waals surface area (Å²) in [6, 6.07) is 0. The minimum Gasteiger partial charge on any atom is -0.287 e. The highest BCUT2D eigenvalue weighted by atomic mass is 79.9. The summed E-state index contributed by atoms with van der Waals surface area (Å²) >= 11 is 3.55. The van der Waals surface area contributed by atoms with Gasteiger partial charge in [0.25, 0.3) is 0 Å². The van der Waals surface area contributed by atoms with Crippen LogP contribution < -0.4 is 0 Å². The molecule has 2 atom stereocenters. The van der Waals surface area contributed by atoms with Gasteiger partial charge < -0.3 is 0 Å². The van der Waals surface area contributed by atoms with E-state index in [1.807, 2.05) is 0 Å². The van der Waals surface area contributed by atoms with E-state index in [9.17, 15) is 4.57 Å². The standard InChI is InChI=1S/C10H20BrO4P/c1-3-13-16(12,14-4-2)15-10-8-6-5-7-9(10)11/h9-10H,3-8H2,1-2H3. The SMILES string of the molecule is CCOP(=O)(OCC)OC1CCCCC1Br. The lowest BCUT2D eigenvalue weighted by molar-refractivity contribution is 0.0704. The van der Waals surface area contributed by atoms with Crippen molar-refractivity contribution < 1.29 is 18.1 Å². The molecule has 0 aliphatic heterocycles. The van der Waals surface area contributed by atoms with E-state index in [1.165, 1.54) is 6.42 Å². The Balaban J connectivity index is 2.55. The van der Waals surface area contributed by atoms with E-state index in [1.54, 1.807) is 13.8 Å². The lowest BCUT2D eigenvalue weighted by Gasteiger charge is -2.29. The van der Waals surface area contributed by atoms with Crippen molar-refractivity contribution in [2.75, 3.05) is 13.2 Å². The quantitative estimate of drug-likeness (QED) is 0.551. The number of phosphoric acid groups is 1. The Labute approximate surface area is 106 Å². The van der Waals surface area contributed by atoms with Gasteiger partial charge >= 0.3 is 7.82 Å². The Morgan fingerprint density at radius 2 is 1.75 bits per heavy atom. The molecule has 1 rings (SSSR count). The third kappa shape index (κ3) is 4.46. The molecule has 0 spiro atoms. The first-order valence-electron chi connectivity index (χ1n) is 5.83. The number of hydrogen-bond donors (Lipinski definition) is 0. The Morgan fingerprint density at radius 1 is 1.19 bits per heavy atom. The molecule has 6 heteroatoms. The van der Waals surface area contributed by atoms with Gasteiger partial charge in [-0.1, -0.05) is 28.8 Å². The smallest absolute Gasteiger partial charge is 0.287 e. The molecule has 1 fully saturated rings. The summed E-state index contributed by atoms with van der Waals surface area (Å²) in [5.41, 5.74) is 0. The molecule has 0 aromatic heterocycles. The van der Waals surface area contributed by atoms with E-state index in [2.05, 4.69) is 15.9 Å². The maximum absolute atomic E-state index is 12.1. The molecule has 0 N–H and O–H groups in total. The maximum Gasteiger partial charge on any atom is 0.475 e. The van der Waals surface area contributed by atoms with Crippen LogP contribution in [0.4, 0.5) is 0 Å². The van der Waals surface area contributed by atoms with Gasteiger partial charge in [-0.05, 0) is 26.7 Å². The van der Waals surface area contributed by atoms with Crippen LogP contribution in [0, 0.1) is 0 Å². The van der Waals surface area contributed by atoms with E-state index >= 15 is 0 Å². The first kappa shape index (κ1) is 14.7. The summed E-state index contributed by atoms with van der Waals surface area (Å²) in [7, 11) is -3.36. The van der Waals surface area contributed by atoms with Crippen LogP contribution in [0.3, 0.4) is 0 Å². The second-order valence-corrected chi connectivity index (χ2v) is 6.52. The third-order valence-corrected chi connectivity index (χ3v) is 5.19. The molecule has 0 amide bonds. The molecule has 0 aromatic rings. The molecular formula is C10H20BrO4P. The number of phosphoric ester groups is 1. The lowest BCUT2D eigenvalue weighted by Crippen LogP contribution is -2.27. The highest BCUT2D eigenvalue weighted by Gasteiger charge is 2.34. The molecule has 16 heavy (non-hydrogen) atoms. The van der Waals surface area contributed by atoms with Gasteiger partial charge in [-0.2, -0.15) is 0 Å². The van der Waals surface area contributed by atoms with Crippen molar-refractivity contribution in [3.05, 3.63) is 0 Å². The highest BCUT2D eigenvalue weighted by Crippen LogP contribution is 2.52. The number of hydrogen-bond acceptors (Lipinski definition) is 4. The van der Waals surface area contributed by atoms with Crippen LogP contribution in [-0.2, 0) is 18.1 Å². The topological polar surface area (TPSA) is 44.8 Å². The van der Waals surface area contributed by atoms with E-state index in [0.717, 1.165) is 19.3 Å². The summed E-state index contributed by atoms with van der Waals surface area (Å²) in [5, 5.41) is 0. The molecule has 2 unspecified atom stereocenters. The average Bonchev–Trinajstić information content (AvgIpc) is 2.22. The van der Waals surface area contributed by atoms with E-state index < -0.39 is 7.82 Å². The Kier molecular flexibility index (Phi) is 6.52. The number of alkyl halides is 1. The minimum absolute atomic E-state index is 0.0716. The van der Waals surface area contributed by atoms with Crippen LogP contribution in [-0.4, -0.2) is 24.1 Å². The van der Waals surface area contributed by atoms with E-state index in [4.69, 9.17) is 13.6 Å². The average molecular weight is 315 g/mol. The van der Waals surface area contributed by atoms with Crippen LogP contribution in [0.2, 0.25) is 0 Å². The summed E-state index contributed by atoms with van der Waals surface area (Å²) in [6.45, 7) is 4.22. The second-order valence-electron chi connectivity index (χ2n) is 3.73. The Morgan fingerprint density at radius 3 is 2.25 bits per heavy atom. The Hall–Kier alpha value is 0.590. The van der Waals surface area contributed by atoms with E-state index in [0.29, 0.717) is 13.2 Å². The first-order chi connectivity index (χ1) is 7.61. The molecular weight excluding hydrogens is 295 g/mol. The molecule has 96 valence electrons. The fourth-order valence-electron chi connectivity index (χ4n) is 1.75. The van der Waals surface area contributed by atoms with Gasteiger partial charge in [-0.25, -0.2) is 4.57 Å². The van der Waals surface area contributed by atoms with Crippen LogP contribution in [0.5, 0.6) is 0 Å². The molecule has 1 aliphatic rings. The van der Waals surface area contributed by atoms with Crippen molar-refractivity contribution in [2.45, 2.75) is 50.5 Å². The monoisotopic (exact) mass is 314 g/mol. The predicted molar refractivity (Wildman–Crippen MR) is 66.9 cm³/mol. The molecule has 4 nitrogen and oxygen atoms in total. The van der Waals surface area contributed by atoms with Gasteiger partial charge in [0.1, 0.15) is 0 Å². The van der Waals surface area contributed by atoms with Gasteiger partial charge in [0.05, 0.1) is 19.3 Å². The zero-order chi connectivity index (χ0) is 12.0. The zero-order valence-electron chi connectivity index (χ0n) is 9.86. The van der Waals surface area contributed by atoms with Gasteiger partial charge in [0.2, 0.25) is 0 Å². The summed E-state index contributed by atoms with van der Waals surface area (Å²) < 4.78 is 27.9. The maximum atomic E-state index is 12.1. The Bertz CT molecular complexity index is 239. The van der Waals surface area contributed by atoms with Crippen molar-refractivity contribution in [3.8, 4) is 0 Å². The largest absolute Gasteiger partial charge is 0.475 e. The molecule has 0 aromatic carbocycles. The summed E-state index contributed by atoms with van der Waals surface area (Å²) in [6.07, 6.45) is 4.16. The predicted octanol–water partition coefficient (Wildman–Crippen LogP) is 3.89. The summed E-state index contributed by atoms with van der Waals surface area (Å²) in [5.74, 6) is 0. The van der Waals surface area contributed by atoms with E-state index in [-0.39, 0.29) is 10.9 Å². The van der Waals surface area contributed by atoms with Gasteiger partial charge in [0, 0.05) is 4.83 Å².